The number of aromatic nitrogens is 2. The average Bonchev–Trinajstić information content (AvgIpc) is 3.78. The first-order valence-corrected chi connectivity index (χ1v) is 19.0. The first-order valence-electron chi connectivity index (χ1n) is 19.0. The van der Waals surface area contributed by atoms with Crippen molar-refractivity contribution < 1.29 is 0 Å². The molecule has 2 nitrogen and oxygen atoms in total. The van der Waals surface area contributed by atoms with Crippen LogP contribution in [0.2, 0.25) is 0 Å². The fourth-order valence-electron chi connectivity index (χ4n) is 9.50. The molecule has 0 N–H and O–H groups in total. The zero-order valence-electron chi connectivity index (χ0n) is 29.9. The third-order valence-corrected chi connectivity index (χ3v) is 11.8. The van der Waals surface area contributed by atoms with E-state index in [1.54, 1.807) is 0 Å². The molecule has 9 aromatic carbocycles. The lowest BCUT2D eigenvalue weighted by Gasteiger charge is -2.20. The van der Waals surface area contributed by atoms with Gasteiger partial charge in [0.05, 0.1) is 16.6 Å². The molecule has 0 saturated carbocycles. The number of pyridine rings is 1. The van der Waals surface area contributed by atoms with E-state index in [9.17, 15) is 0 Å². The zero-order valence-corrected chi connectivity index (χ0v) is 29.9. The van der Waals surface area contributed by atoms with Gasteiger partial charge in [0.15, 0.2) is 0 Å². The Labute approximate surface area is 318 Å². The Kier molecular flexibility index (Phi) is 6.37. The molecule has 0 unspecified atom stereocenters. The molecule has 0 amide bonds. The molecule has 254 valence electrons. The predicted molar refractivity (Wildman–Crippen MR) is 232 cm³/mol. The maximum absolute atomic E-state index is 4.83. The highest BCUT2D eigenvalue weighted by Gasteiger charge is 2.31. The molecule has 1 aliphatic carbocycles. The van der Waals surface area contributed by atoms with Crippen molar-refractivity contribution in [3.63, 3.8) is 0 Å². The number of nitrogens with zero attached hydrogens (tertiary/aromatic N) is 2. The van der Waals surface area contributed by atoms with Crippen LogP contribution >= 0.6 is 0 Å². The number of fused-ring (bicyclic) bond motifs is 9. The molecule has 0 atom stereocenters. The molecule has 0 saturated heterocycles. The number of rotatable bonds is 4. The normalized spacial score (nSPS) is 12.0. The van der Waals surface area contributed by atoms with Gasteiger partial charge in [-0.1, -0.05) is 164 Å². The first kappa shape index (κ1) is 30.2. The summed E-state index contributed by atoms with van der Waals surface area (Å²) in [6.07, 6.45) is 2.03. The summed E-state index contributed by atoms with van der Waals surface area (Å²) in [6, 6.07) is 68.8. The molecule has 11 aromatic rings. The predicted octanol–water partition coefficient (Wildman–Crippen LogP) is 14.3. The molecule has 0 aliphatic heterocycles. The molecule has 1 aliphatic rings. The highest BCUT2D eigenvalue weighted by atomic mass is 15.0. The molecule has 2 heterocycles. The van der Waals surface area contributed by atoms with Crippen molar-refractivity contribution in [1.82, 2.24) is 9.55 Å². The van der Waals surface area contributed by atoms with Crippen molar-refractivity contribution >= 4 is 54.3 Å². The quantitative estimate of drug-likeness (QED) is 0.179. The topological polar surface area (TPSA) is 17.8 Å². The second kappa shape index (κ2) is 11.6. The van der Waals surface area contributed by atoms with E-state index < -0.39 is 0 Å². The summed E-state index contributed by atoms with van der Waals surface area (Å²) in [6.45, 7) is 0. The summed E-state index contributed by atoms with van der Waals surface area (Å²) >= 11 is 0. The Hall–Kier alpha value is -7.29. The Morgan fingerprint density at radius 2 is 0.873 bits per heavy atom. The molecule has 0 radical (unpaired) electrons. The monoisotopic (exact) mass is 696 g/mol. The minimum Gasteiger partial charge on any atom is -0.309 e. The SMILES string of the molecule is c1ccc(-c2c3c(c(-c4ccccc4)c4ccccc24)-c2ccc(-c4ccc(-n5c6ccccc6c6cnc7ccccc7c65)cc4)c4cccc-3c24)cc1. The van der Waals surface area contributed by atoms with Crippen LogP contribution in [0.1, 0.15) is 0 Å². The van der Waals surface area contributed by atoms with Crippen LogP contribution in [-0.4, -0.2) is 9.55 Å². The van der Waals surface area contributed by atoms with Crippen molar-refractivity contribution in [2.24, 2.45) is 0 Å². The van der Waals surface area contributed by atoms with E-state index in [0.717, 1.165) is 16.6 Å². The van der Waals surface area contributed by atoms with Gasteiger partial charge >= 0.3 is 0 Å². The second-order valence-corrected chi connectivity index (χ2v) is 14.6. The Morgan fingerprint density at radius 3 is 1.56 bits per heavy atom. The van der Waals surface area contributed by atoms with Gasteiger partial charge in [-0.25, -0.2) is 0 Å². The Bertz CT molecular complexity index is 3250. The molecule has 12 rings (SSSR count). The van der Waals surface area contributed by atoms with Crippen molar-refractivity contribution in [3.8, 4) is 61.3 Å². The van der Waals surface area contributed by atoms with Gasteiger partial charge in [-0.05, 0) is 101 Å². The van der Waals surface area contributed by atoms with Crippen LogP contribution in [0.5, 0.6) is 0 Å². The summed E-state index contributed by atoms with van der Waals surface area (Å²) < 4.78 is 2.41. The van der Waals surface area contributed by atoms with Crippen molar-refractivity contribution in [3.05, 3.63) is 194 Å². The standard InChI is InChI=1S/C53H32N2/c1-3-14-34(15-4-1)48-40-19-7-8-20-41(40)49(35-16-5-2-6-17-35)52-44-31-30-37(39-22-13-23-43(50(39)44)51(48)52)33-26-28-36(29-27-33)55-47-25-12-10-18-38(47)45-32-54-46-24-11-9-21-42(46)53(45)55/h1-32H. The van der Waals surface area contributed by atoms with E-state index in [0.29, 0.717) is 0 Å². The molecule has 0 spiro atoms. The summed E-state index contributed by atoms with van der Waals surface area (Å²) in [5.41, 5.74) is 17.3. The van der Waals surface area contributed by atoms with E-state index in [2.05, 4.69) is 193 Å². The fourth-order valence-corrected chi connectivity index (χ4v) is 9.50. The fraction of sp³-hybridized carbons (Fsp3) is 0. The van der Waals surface area contributed by atoms with Crippen LogP contribution in [0.25, 0.3) is 116 Å². The number of para-hydroxylation sites is 2. The van der Waals surface area contributed by atoms with Crippen molar-refractivity contribution in [2.45, 2.75) is 0 Å². The van der Waals surface area contributed by atoms with Crippen LogP contribution < -0.4 is 0 Å². The van der Waals surface area contributed by atoms with E-state index in [1.165, 1.54) is 99.0 Å². The van der Waals surface area contributed by atoms with Crippen LogP contribution in [0.15, 0.2) is 194 Å². The lowest BCUT2D eigenvalue weighted by Crippen LogP contribution is -1.95. The zero-order chi connectivity index (χ0) is 36.0. The van der Waals surface area contributed by atoms with Gasteiger partial charge in [-0.3, -0.25) is 4.98 Å². The van der Waals surface area contributed by atoms with Gasteiger partial charge in [-0.2, -0.15) is 0 Å². The summed E-state index contributed by atoms with van der Waals surface area (Å²) in [7, 11) is 0. The first-order chi connectivity index (χ1) is 27.3. The third-order valence-electron chi connectivity index (χ3n) is 11.8. The third kappa shape index (κ3) is 4.28. The van der Waals surface area contributed by atoms with Crippen molar-refractivity contribution in [2.75, 3.05) is 0 Å². The molecule has 55 heavy (non-hydrogen) atoms. The lowest BCUT2D eigenvalue weighted by atomic mass is 9.82. The van der Waals surface area contributed by atoms with Crippen LogP contribution in [0, 0.1) is 0 Å². The van der Waals surface area contributed by atoms with Gasteiger partial charge < -0.3 is 4.57 Å². The lowest BCUT2D eigenvalue weighted by molar-refractivity contribution is 1.18. The largest absolute Gasteiger partial charge is 0.309 e. The molecular formula is C53H32N2. The second-order valence-electron chi connectivity index (χ2n) is 14.6. The Morgan fingerprint density at radius 1 is 0.327 bits per heavy atom. The Balaban J connectivity index is 1.09. The van der Waals surface area contributed by atoms with E-state index in [1.807, 2.05) is 6.20 Å². The number of hydrogen-bond donors (Lipinski definition) is 0. The molecule has 0 bridgehead atoms. The summed E-state index contributed by atoms with van der Waals surface area (Å²) in [5, 5.41) is 8.69. The highest BCUT2D eigenvalue weighted by Crippen LogP contribution is 2.58. The smallest absolute Gasteiger partial charge is 0.0723 e. The molecule has 0 fully saturated rings. The van der Waals surface area contributed by atoms with E-state index in [-0.39, 0.29) is 0 Å². The van der Waals surface area contributed by atoms with E-state index >= 15 is 0 Å². The van der Waals surface area contributed by atoms with Gasteiger partial charge in [0.2, 0.25) is 0 Å². The molecule has 2 heteroatoms. The van der Waals surface area contributed by atoms with Crippen LogP contribution in [0.3, 0.4) is 0 Å². The minimum absolute atomic E-state index is 1.00. The van der Waals surface area contributed by atoms with Gasteiger partial charge in [0.1, 0.15) is 0 Å². The van der Waals surface area contributed by atoms with Gasteiger partial charge in [-0.15, -0.1) is 0 Å². The van der Waals surface area contributed by atoms with Crippen LogP contribution in [-0.2, 0) is 0 Å². The maximum Gasteiger partial charge on any atom is 0.0723 e. The number of benzene rings is 9. The summed E-state index contributed by atoms with van der Waals surface area (Å²) in [5.74, 6) is 0. The molecule has 2 aromatic heterocycles. The van der Waals surface area contributed by atoms with Crippen molar-refractivity contribution in [1.29, 1.82) is 0 Å². The van der Waals surface area contributed by atoms with Gasteiger partial charge in [0.25, 0.3) is 0 Å². The average molecular weight is 697 g/mol. The van der Waals surface area contributed by atoms with E-state index in [4.69, 9.17) is 4.98 Å². The van der Waals surface area contributed by atoms with Crippen LogP contribution in [0.4, 0.5) is 0 Å². The maximum atomic E-state index is 4.83. The van der Waals surface area contributed by atoms with Gasteiger partial charge in [0, 0.05) is 28.0 Å². The summed E-state index contributed by atoms with van der Waals surface area (Å²) in [4.78, 5) is 4.83. The minimum atomic E-state index is 1.00. The number of hydrogen-bond acceptors (Lipinski definition) is 1. The highest BCUT2D eigenvalue weighted by molar-refractivity contribution is 6.29. The molecular weight excluding hydrogens is 665 g/mol.